The number of amides is 1. The van der Waals surface area contributed by atoms with Gasteiger partial charge in [-0.15, -0.1) is 0 Å². The van der Waals surface area contributed by atoms with Crippen LogP contribution in [-0.4, -0.2) is 27.5 Å². The number of aromatic nitrogens is 2. The molecule has 0 bridgehead atoms. The minimum absolute atomic E-state index is 0.0651. The van der Waals surface area contributed by atoms with Gasteiger partial charge in [-0.1, -0.05) is 0 Å². The molecule has 1 saturated carbocycles. The van der Waals surface area contributed by atoms with Crippen molar-refractivity contribution in [1.82, 2.24) is 9.97 Å². The van der Waals surface area contributed by atoms with E-state index in [9.17, 15) is 15.2 Å². The maximum Gasteiger partial charge on any atom is 0.247 e. The molecule has 7 nitrogen and oxygen atoms in total. The van der Waals surface area contributed by atoms with Crippen LogP contribution in [0.1, 0.15) is 24.8 Å². The van der Waals surface area contributed by atoms with Crippen molar-refractivity contribution in [3.63, 3.8) is 0 Å². The van der Waals surface area contributed by atoms with Gasteiger partial charge in [0.1, 0.15) is 17.1 Å². The molecule has 1 aliphatic carbocycles. The molecule has 1 saturated heterocycles. The molecule has 7 heteroatoms. The number of hydrogen-bond acceptors (Lipinski definition) is 6. The normalized spacial score (nSPS) is 22.3. The number of anilines is 3. The highest BCUT2D eigenvalue weighted by Gasteiger charge is 2.56. The number of pyridine rings is 2. The van der Waals surface area contributed by atoms with Crippen LogP contribution in [0.2, 0.25) is 0 Å². The molecule has 0 radical (unpaired) electrons. The second-order valence-corrected chi connectivity index (χ2v) is 6.80. The van der Waals surface area contributed by atoms with Gasteiger partial charge in [-0.3, -0.25) is 4.79 Å². The van der Waals surface area contributed by atoms with Gasteiger partial charge in [0.2, 0.25) is 5.91 Å². The summed E-state index contributed by atoms with van der Waals surface area (Å²) in [7, 11) is 0. The van der Waals surface area contributed by atoms with Crippen LogP contribution < -0.4 is 10.2 Å². The van der Waals surface area contributed by atoms with E-state index in [1.807, 2.05) is 0 Å². The van der Waals surface area contributed by atoms with E-state index in [1.54, 1.807) is 41.6 Å². The third-order valence-electron chi connectivity index (χ3n) is 5.15. The van der Waals surface area contributed by atoms with Crippen LogP contribution in [-0.2, 0) is 11.4 Å². The molecule has 4 rings (SSSR count). The highest BCUT2D eigenvalue weighted by molar-refractivity contribution is 6.02. The summed E-state index contributed by atoms with van der Waals surface area (Å²) in [5.41, 5.74) is 0.619. The van der Waals surface area contributed by atoms with E-state index in [0.29, 0.717) is 24.6 Å². The molecule has 132 valence electrons. The largest absolute Gasteiger partial charge is 0.392 e. The second-order valence-electron chi connectivity index (χ2n) is 6.80. The van der Waals surface area contributed by atoms with Crippen LogP contribution in [0.15, 0.2) is 36.7 Å². The minimum Gasteiger partial charge on any atom is -0.392 e. The molecule has 3 heterocycles. The smallest absolute Gasteiger partial charge is 0.247 e. The number of hydrogen-bond donors (Lipinski definition) is 2. The molecule has 26 heavy (non-hydrogen) atoms. The van der Waals surface area contributed by atoms with Crippen LogP contribution in [0.5, 0.6) is 0 Å². The Bertz CT molecular complexity index is 889. The van der Waals surface area contributed by atoms with Gasteiger partial charge in [-0.05, 0) is 48.9 Å². The van der Waals surface area contributed by atoms with Gasteiger partial charge in [0.25, 0.3) is 0 Å². The lowest BCUT2D eigenvalue weighted by molar-refractivity contribution is -0.123. The quantitative estimate of drug-likeness (QED) is 0.859. The van der Waals surface area contributed by atoms with Gasteiger partial charge in [0, 0.05) is 30.7 Å². The predicted octanol–water partition coefficient (Wildman–Crippen LogP) is 2.37. The van der Waals surface area contributed by atoms with Crippen LogP contribution in [0.25, 0.3) is 0 Å². The third kappa shape index (κ3) is 2.78. The first-order valence-electron chi connectivity index (χ1n) is 8.68. The Morgan fingerprint density at radius 1 is 1.27 bits per heavy atom. The van der Waals surface area contributed by atoms with Crippen molar-refractivity contribution >= 4 is 23.2 Å². The fourth-order valence-electron chi connectivity index (χ4n) is 3.56. The summed E-state index contributed by atoms with van der Waals surface area (Å²) in [6, 6.07) is 9.33. The number of nitrogens with zero attached hydrogens (tertiary/aromatic N) is 4. The first-order chi connectivity index (χ1) is 12.7. The average Bonchev–Trinajstić information content (AvgIpc) is 3.46. The highest BCUT2D eigenvalue weighted by Crippen LogP contribution is 2.51. The summed E-state index contributed by atoms with van der Waals surface area (Å²) in [5.74, 6) is 1.23. The summed E-state index contributed by atoms with van der Waals surface area (Å²) < 4.78 is 0. The van der Waals surface area contributed by atoms with Gasteiger partial charge in [0.15, 0.2) is 0 Å². The molecule has 0 spiro atoms. The van der Waals surface area contributed by atoms with E-state index in [0.717, 1.165) is 24.1 Å². The Hall–Kier alpha value is -2.98. The Labute approximate surface area is 151 Å². The van der Waals surface area contributed by atoms with Gasteiger partial charge < -0.3 is 15.3 Å². The minimum atomic E-state index is -0.853. The average molecular weight is 349 g/mol. The third-order valence-corrected chi connectivity index (χ3v) is 5.15. The zero-order valence-electron chi connectivity index (χ0n) is 14.2. The lowest BCUT2D eigenvalue weighted by Crippen LogP contribution is -2.35. The molecule has 2 N–H and O–H groups in total. The van der Waals surface area contributed by atoms with Crippen molar-refractivity contribution in [2.45, 2.75) is 25.9 Å². The van der Waals surface area contributed by atoms with E-state index >= 15 is 0 Å². The summed E-state index contributed by atoms with van der Waals surface area (Å²) in [5, 5.41) is 21.9. The molecule has 2 aromatic rings. The Kier molecular flexibility index (Phi) is 4.05. The number of aliphatic hydroxyl groups is 1. The van der Waals surface area contributed by atoms with E-state index in [4.69, 9.17) is 0 Å². The number of rotatable bonds is 5. The van der Waals surface area contributed by atoms with E-state index in [-0.39, 0.29) is 18.4 Å². The monoisotopic (exact) mass is 349 g/mol. The van der Waals surface area contributed by atoms with Crippen molar-refractivity contribution in [1.29, 1.82) is 5.26 Å². The molecule has 1 aliphatic heterocycles. The standard InChI is InChI=1S/C19H19N5O2/c20-12-19(14-1-2-14)5-8-24(18(19)26)15-4-7-22-17(10-15)23-16-9-13(11-25)3-6-21-16/h3-4,6-7,9-10,14,25H,1-2,5,8,11H2,(H,21,22,23)/t19-/m1/s1. The van der Waals surface area contributed by atoms with E-state index < -0.39 is 5.41 Å². The molecular formula is C19H19N5O2. The highest BCUT2D eigenvalue weighted by atomic mass is 16.3. The molecule has 2 aromatic heterocycles. The number of aliphatic hydroxyl groups excluding tert-OH is 1. The number of carbonyl (C=O) groups excluding carboxylic acids is 1. The van der Waals surface area contributed by atoms with E-state index in [2.05, 4.69) is 21.4 Å². The number of nitriles is 1. The Morgan fingerprint density at radius 2 is 2.00 bits per heavy atom. The predicted molar refractivity (Wildman–Crippen MR) is 95.4 cm³/mol. The molecule has 2 fully saturated rings. The topological polar surface area (TPSA) is 102 Å². The number of nitrogens with one attached hydrogen (secondary N) is 1. The van der Waals surface area contributed by atoms with Crippen LogP contribution >= 0.6 is 0 Å². The Morgan fingerprint density at radius 3 is 2.69 bits per heavy atom. The van der Waals surface area contributed by atoms with E-state index in [1.165, 1.54) is 0 Å². The molecule has 1 atom stereocenters. The summed E-state index contributed by atoms with van der Waals surface area (Å²) in [6.45, 7) is 0.481. The summed E-state index contributed by atoms with van der Waals surface area (Å²) in [6.07, 6.45) is 5.74. The molecular weight excluding hydrogens is 330 g/mol. The summed E-state index contributed by atoms with van der Waals surface area (Å²) in [4.78, 5) is 23.1. The first kappa shape index (κ1) is 16.5. The van der Waals surface area contributed by atoms with Gasteiger partial charge in [-0.25, -0.2) is 9.97 Å². The lowest BCUT2D eigenvalue weighted by atomic mass is 9.83. The molecule has 0 unspecified atom stereocenters. The maximum atomic E-state index is 12.9. The fraction of sp³-hybridized carbons (Fsp3) is 0.368. The molecule has 2 aliphatic rings. The van der Waals surface area contributed by atoms with Crippen LogP contribution in [0.3, 0.4) is 0 Å². The molecule has 0 aromatic carbocycles. The Balaban J connectivity index is 1.56. The first-order valence-corrected chi connectivity index (χ1v) is 8.68. The maximum absolute atomic E-state index is 12.9. The SMILES string of the molecule is N#C[C@@]1(C2CC2)CCN(c2ccnc(Nc3cc(CO)ccn3)c2)C1=O. The van der Waals surface area contributed by atoms with Crippen molar-refractivity contribution in [3.05, 3.63) is 42.2 Å². The van der Waals surface area contributed by atoms with Crippen molar-refractivity contribution in [2.24, 2.45) is 11.3 Å². The zero-order valence-corrected chi connectivity index (χ0v) is 14.2. The zero-order chi connectivity index (χ0) is 18.1. The van der Waals surface area contributed by atoms with Crippen molar-refractivity contribution in [3.8, 4) is 6.07 Å². The van der Waals surface area contributed by atoms with Crippen LogP contribution in [0.4, 0.5) is 17.3 Å². The second kappa shape index (κ2) is 6.39. The summed E-state index contributed by atoms with van der Waals surface area (Å²) >= 11 is 0. The lowest BCUT2D eigenvalue weighted by Gasteiger charge is -2.21. The number of carbonyl (C=O) groups is 1. The van der Waals surface area contributed by atoms with Crippen LogP contribution in [0, 0.1) is 22.7 Å². The van der Waals surface area contributed by atoms with Crippen molar-refractivity contribution in [2.75, 3.05) is 16.8 Å². The van der Waals surface area contributed by atoms with Crippen molar-refractivity contribution < 1.29 is 9.90 Å². The molecule has 1 amide bonds. The van der Waals surface area contributed by atoms with Gasteiger partial charge >= 0.3 is 0 Å². The fourth-order valence-corrected chi connectivity index (χ4v) is 3.56. The van der Waals surface area contributed by atoms with Gasteiger partial charge in [0.05, 0.1) is 12.7 Å². The van der Waals surface area contributed by atoms with Gasteiger partial charge in [-0.2, -0.15) is 5.26 Å².